The fourth-order valence-corrected chi connectivity index (χ4v) is 3.78. The number of halogens is 1. The molecule has 0 radical (unpaired) electrons. The van der Waals surface area contributed by atoms with Crippen molar-refractivity contribution in [2.75, 3.05) is 7.11 Å². The molecule has 1 unspecified atom stereocenters. The van der Waals surface area contributed by atoms with E-state index >= 15 is 0 Å². The fraction of sp³-hybridized carbons (Fsp3) is 0.111. The van der Waals surface area contributed by atoms with Crippen LogP contribution in [0.15, 0.2) is 47.2 Å². The molecule has 0 bridgehead atoms. The molecule has 6 nitrogen and oxygen atoms in total. The van der Waals surface area contributed by atoms with E-state index in [0.717, 1.165) is 10.6 Å². The van der Waals surface area contributed by atoms with Crippen LogP contribution in [-0.2, 0) is 0 Å². The van der Waals surface area contributed by atoms with Gasteiger partial charge in [-0.2, -0.15) is 5.26 Å². The number of methoxy groups -OCH3 is 1. The summed E-state index contributed by atoms with van der Waals surface area (Å²) in [6.07, 6.45) is 0. The Morgan fingerprint density at radius 2 is 2.27 bits per heavy atom. The SMILES string of the molecule is COc1ccc(C2C(C#N)=C(N)Oc3n[nH]c(-c4cccs4)c32)cc1F. The van der Waals surface area contributed by atoms with Crippen molar-refractivity contribution in [1.29, 1.82) is 5.26 Å². The molecule has 130 valence electrons. The molecule has 8 heteroatoms. The van der Waals surface area contributed by atoms with E-state index < -0.39 is 11.7 Å². The quantitative estimate of drug-likeness (QED) is 0.737. The molecule has 3 N–H and O–H groups in total. The summed E-state index contributed by atoms with van der Waals surface area (Å²) in [6.45, 7) is 0. The van der Waals surface area contributed by atoms with E-state index in [1.165, 1.54) is 30.6 Å². The van der Waals surface area contributed by atoms with E-state index in [2.05, 4.69) is 16.3 Å². The number of rotatable bonds is 3. The van der Waals surface area contributed by atoms with E-state index in [9.17, 15) is 9.65 Å². The average Bonchev–Trinajstić information content (AvgIpc) is 3.29. The first kappa shape index (κ1) is 16.2. The van der Waals surface area contributed by atoms with Gasteiger partial charge in [0, 0.05) is 0 Å². The molecule has 2 aromatic heterocycles. The maximum Gasteiger partial charge on any atom is 0.244 e. The third-order valence-electron chi connectivity index (χ3n) is 4.22. The zero-order valence-electron chi connectivity index (χ0n) is 13.6. The molecule has 0 spiro atoms. The summed E-state index contributed by atoms with van der Waals surface area (Å²) in [4.78, 5) is 0.930. The van der Waals surface area contributed by atoms with Crippen LogP contribution in [0.3, 0.4) is 0 Å². The number of hydrogen-bond acceptors (Lipinski definition) is 6. The molecule has 4 rings (SSSR count). The lowest BCUT2D eigenvalue weighted by Crippen LogP contribution is -2.21. The smallest absolute Gasteiger partial charge is 0.244 e. The second-order valence-electron chi connectivity index (χ2n) is 5.61. The summed E-state index contributed by atoms with van der Waals surface area (Å²) in [5.74, 6) is -0.742. The summed E-state index contributed by atoms with van der Waals surface area (Å²) in [5, 5.41) is 18.7. The number of nitriles is 1. The minimum absolute atomic E-state index is 0.0366. The van der Waals surface area contributed by atoms with Crippen LogP contribution in [0.4, 0.5) is 4.39 Å². The predicted molar refractivity (Wildman–Crippen MR) is 94.2 cm³/mol. The van der Waals surface area contributed by atoms with Crippen LogP contribution in [0.5, 0.6) is 11.6 Å². The van der Waals surface area contributed by atoms with Crippen molar-refractivity contribution in [3.05, 3.63) is 64.1 Å². The molecular formula is C18H13FN4O2S. The zero-order valence-corrected chi connectivity index (χ0v) is 14.4. The molecule has 1 aliphatic heterocycles. The minimum Gasteiger partial charge on any atom is -0.494 e. The number of benzene rings is 1. The number of fused-ring (bicyclic) bond motifs is 1. The molecule has 0 fully saturated rings. The second-order valence-corrected chi connectivity index (χ2v) is 6.56. The van der Waals surface area contributed by atoms with Crippen molar-refractivity contribution < 1.29 is 13.9 Å². The third-order valence-corrected chi connectivity index (χ3v) is 5.10. The maximum atomic E-state index is 14.3. The second kappa shape index (κ2) is 6.20. The molecule has 0 aliphatic carbocycles. The van der Waals surface area contributed by atoms with Crippen LogP contribution in [0.25, 0.3) is 10.6 Å². The highest BCUT2D eigenvalue weighted by Gasteiger charge is 2.36. The number of nitrogens with zero attached hydrogens (tertiary/aromatic N) is 2. The number of allylic oxidation sites excluding steroid dienone is 1. The highest BCUT2D eigenvalue weighted by atomic mass is 32.1. The molecule has 0 amide bonds. The number of ether oxygens (including phenoxy) is 2. The van der Waals surface area contributed by atoms with Gasteiger partial charge in [-0.05, 0) is 29.1 Å². The van der Waals surface area contributed by atoms with Crippen molar-refractivity contribution in [2.45, 2.75) is 5.92 Å². The summed E-state index contributed by atoms with van der Waals surface area (Å²) in [5.41, 5.74) is 8.06. The van der Waals surface area contributed by atoms with Gasteiger partial charge in [-0.15, -0.1) is 16.4 Å². The Balaban J connectivity index is 1.94. The largest absolute Gasteiger partial charge is 0.494 e. The summed E-state index contributed by atoms with van der Waals surface area (Å²) < 4.78 is 24.8. The number of hydrogen-bond donors (Lipinski definition) is 2. The Morgan fingerprint density at radius 3 is 2.92 bits per heavy atom. The number of nitrogens with one attached hydrogen (secondary N) is 1. The van der Waals surface area contributed by atoms with Crippen LogP contribution < -0.4 is 15.2 Å². The lowest BCUT2D eigenvalue weighted by atomic mass is 9.83. The molecule has 1 aliphatic rings. The molecule has 0 saturated carbocycles. The highest BCUT2D eigenvalue weighted by Crippen LogP contribution is 2.46. The highest BCUT2D eigenvalue weighted by molar-refractivity contribution is 7.13. The van der Waals surface area contributed by atoms with Gasteiger partial charge >= 0.3 is 0 Å². The normalized spacial score (nSPS) is 16.0. The molecule has 3 aromatic rings. The van der Waals surface area contributed by atoms with E-state index in [1.807, 2.05) is 17.5 Å². The van der Waals surface area contributed by atoms with Gasteiger partial charge in [0.1, 0.15) is 11.6 Å². The van der Waals surface area contributed by atoms with Crippen LogP contribution in [0, 0.1) is 17.1 Å². The number of aromatic nitrogens is 2. The molecular weight excluding hydrogens is 355 g/mol. The van der Waals surface area contributed by atoms with E-state index in [0.29, 0.717) is 11.1 Å². The van der Waals surface area contributed by atoms with Gasteiger partial charge in [-0.3, -0.25) is 5.10 Å². The lowest BCUT2D eigenvalue weighted by Gasteiger charge is -2.24. The molecule has 26 heavy (non-hydrogen) atoms. The summed E-state index contributed by atoms with van der Waals surface area (Å²) in [7, 11) is 1.40. The van der Waals surface area contributed by atoms with Crippen molar-refractivity contribution in [3.8, 4) is 28.3 Å². The van der Waals surface area contributed by atoms with Crippen LogP contribution in [0.2, 0.25) is 0 Å². The molecule has 1 atom stereocenters. The third kappa shape index (κ3) is 2.41. The molecule has 1 aromatic carbocycles. The predicted octanol–water partition coefficient (Wildman–Crippen LogP) is 3.50. The Labute approximate surface area is 152 Å². The number of nitrogens with two attached hydrogens (primary N) is 1. The van der Waals surface area contributed by atoms with E-state index in [1.54, 1.807) is 6.07 Å². The summed E-state index contributed by atoms with van der Waals surface area (Å²) >= 11 is 1.52. The Hall–Kier alpha value is -3.31. The fourth-order valence-electron chi connectivity index (χ4n) is 3.05. The van der Waals surface area contributed by atoms with Gasteiger partial charge < -0.3 is 15.2 Å². The van der Waals surface area contributed by atoms with E-state index in [4.69, 9.17) is 15.2 Å². The van der Waals surface area contributed by atoms with Crippen molar-refractivity contribution in [3.63, 3.8) is 0 Å². The first-order valence-corrected chi connectivity index (χ1v) is 8.55. The van der Waals surface area contributed by atoms with Crippen molar-refractivity contribution >= 4 is 11.3 Å². The molecule has 3 heterocycles. The van der Waals surface area contributed by atoms with Gasteiger partial charge in [-0.25, -0.2) is 4.39 Å². The topological polar surface area (TPSA) is 96.9 Å². The van der Waals surface area contributed by atoms with E-state index in [-0.39, 0.29) is 23.1 Å². The van der Waals surface area contributed by atoms with Gasteiger partial charge in [0.2, 0.25) is 11.8 Å². The standard InChI is InChI=1S/C18H13FN4O2S/c1-24-12-5-4-9(7-11(12)19)14-10(8-20)17(21)25-18-15(14)16(22-23-18)13-3-2-6-26-13/h2-7,14H,21H2,1H3,(H,22,23). The van der Waals surface area contributed by atoms with Gasteiger partial charge in [0.15, 0.2) is 11.6 Å². The average molecular weight is 368 g/mol. The van der Waals surface area contributed by atoms with Crippen LogP contribution in [0.1, 0.15) is 17.0 Å². The first-order chi connectivity index (χ1) is 12.6. The number of aromatic amines is 1. The molecule has 0 saturated heterocycles. The van der Waals surface area contributed by atoms with Crippen LogP contribution in [-0.4, -0.2) is 17.3 Å². The van der Waals surface area contributed by atoms with Crippen LogP contribution >= 0.6 is 11.3 Å². The maximum absolute atomic E-state index is 14.3. The van der Waals surface area contributed by atoms with Gasteiger partial charge in [0.25, 0.3) is 0 Å². The summed E-state index contributed by atoms with van der Waals surface area (Å²) in [6, 6.07) is 10.5. The lowest BCUT2D eigenvalue weighted by molar-refractivity contribution is 0.377. The first-order valence-electron chi connectivity index (χ1n) is 7.67. The number of H-pyrrole nitrogens is 1. The van der Waals surface area contributed by atoms with Crippen molar-refractivity contribution in [1.82, 2.24) is 10.2 Å². The Morgan fingerprint density at radius 1 is 1.42 bits per heavy atom. The Bertz CT molecular complexity index is 1050. The minimum atomic E-state index is -0.597. The zero-order chi connectivity index (χ0) is 18.3. The van der Waals surface area contributed by atoms with Gasteiger partial charge in [-0.1, -0.05) is 12.1 Å². The van der Waals surface area contributed by atoms with Crippen molar-refractivity contribution in [2.24, 2.45) is 5.73 Å². The van der Waals surface area contributed by atoms with Gasteiger partial charge in [0.05, 0.1) is 29.2 Å². The number of thiophene rings is 1. The Kier molecular flexibility index (Phi) is 3.86. The monoisotopic (exact) mass is 368 g/mol.